The number of fused-ring (bicyclic) bond motifs is 2. The third-order valence-corrected chi connectivity index (χ3v) is 4.48. The lowest BCUT2D eigenvalue weighted by Gasteiger charge is -2.16. The molecular formula is C20H16Cl2O4. The van der Waals surface area contributed by atoms with Gasteiger partial charge in [0.05, 0.1) is 0 Å². The van der Waals surface area contributed by atoms with E-state index in [0.29, 0.717) is 33.0 Å². The van der Waals surface area contributed by atoms with E-state index in [4.69, 9.17) is 32.7 Å². The predicted octanol–water partition coefficient (Wildman–Crippen LogP) is 4.84. The van der Waals surface area contributed by atoms with Crippen molar-refractivity contribution in [3.8, 4) is 11.5 Å². The molecule has 3 aromatic carbocycles. The van der Waals surface area contributed by atoms with Crippen LogP contribution >= 0.6 is 23.2 Å². The molecule has 134 valence electrons. The second kappa shape index (κ2) is 7.94. The summed E-state index contributed by atoms with van der Waals surface area (Å²) in [6.45, 7) is 2.03. The number of aryl methyl sites for hydroxylation is 1. The summed E-state index contributed by atoms with van der Waals surface area (Å²) in [4.78, 5) is 23.7. The van der Waals surface area contributed by atoms with Crippen LogP contribution < -0.4 is 9.47 Å². The van der Waals surface area contributed by atoms with Crippen LogP contribution in [-0.4, -0.2) is 23.7 Å². The van der Waals surface area contributed by atoms with Crippen LogP contribution in [0.3, 0.4) is 0 Å². The van der Waals surface area contributed by atoms with E-state index in [-0.39, 0.29) is 11.8 Å². The first-order chi connectivity index (χ1) is 12.6. The second-order valence-corrected chi connectivity index (χ2v) is 6.19. The molecule has 0 fully saturated rings. The molecule has 0 spiro atoms. The molecule has 0 unspecified atom stereocenters. The lowest BCUT2D eigenvalue weighted by Crippen LogP contribution is -2.12. The number of halogens is 2. The fourth-order valence-corrected chi connectivity index (χ4v) is 2.98. The number of ether oxygens (including phenoxy) is 2. The van der Waals surface area contributed by atoms with Gasteiger partial charge in [0.1, 0.15) is 23.3 Å². The quantitative estimate of drug-likeness (QED) is 0.270. The number of benzene rings is 3. The Labute approximate surface area is 160 Å². The van der Waals surface area contributed by atoms with Crippen molar-refractivity contribution in [3.05, 3.63) is 48.0 Å². The Morgan fingerprint density at radius 2 is 1.31 bits per heavy atom. The molecule has 0 aliphatic carbocycles. The Bertz CT molecular complexity index is 998. The van der Waals surface area contributed by atoms with E-state index in [2.05, 4.69) is 0 Å². The van der Waals surface area contributed by atoms with Gasteiger partial charge in [-0.3, -0.25) is 9.59 Å². The Hall–Kier alpha value is -2.30. The molecule has 0 aliphatic heterocycles. The minimum Gasteiger partial charge on any atom is -0.424 e. The largest absolute Gasteiger partial charge is 0.424 e. The van der Waals surface area contributed by atoms with Crippen LogP contribution in [0.5, 0.6) is 11.5 Å². The zero-order valence-corrected chi connectivity index (χ0v) is 15.6. The van der Waals surface area contributed by atoms with Crippen molar-refractivity contribution in [2.45, 2.75) is 13.3 Å². The van der Waals surface area contributed by atoms with Crippen LogP contribution in [0, 0.1) is 0 Å². The van der Waals surface area contributed by atoms with E-state index in [1.807, 2.05) is 43.3 Å². The van der Waals surface area contributed by atoms with Gasteiger partial charge in [-0.25, -0.2) is 0 Å². The highest BCUT2D eigenvalue weighted by Gasteiger charge is 2.20. The SMILES string of the molecule is CCc1ccc2c(OC(=O)CCl)c3ccccc3c(OC(=O)CCl)c2c1. The zero-order chi connectivity index (χ0) is 18.7. The van der Waals surface area contributed by atoms with Gasteiger partial charge in [0.2, 0.25) is 0 Å². The number of esters is 2. The predicted molar refractivity (Wildman–Crippen MR) is 104 cm³/mol. The molecule has 3 rings (SSSR count). The number of hydrogen-bond acceptors (Lipinski definition) is 4. The standard InChI is InChI=1S/C20H16Cl2O4/c1-2-12-7-8-15-16(9-12)20(26-18(24)11-22)14-6-4-3-5-13(14)19(15)25-17(23)10-21/h3-9H,2,10-11H2,1H3. The molecule has 26 heavy (non-hydrogen) atoms. The molecule has 0 amide bonds. The highest BCUT2D eigenvalue weighted by molar-refractivity contribution is 6.27. The van der Waals surface area contributed by atoms with Crippen LogP contribution in [0.1, 0.15) is 12.5 Å². The summed E-state index contributed by atoms with van der Waals surface area (Å²) in [5.41, 5.74) is 1.06. The fourth-order valence-electron chi connectivity index (χ4n) is 2.87. The average Bonchev–Trinajstić information content (AvgIpc) is 2.69. The van der Waals surface area contributed by atoms with Crippen molar-refractivity contribution in [2.24, 2.45) is 0 Å². The van der Waals surface area contributed by atoms with Crippen LogP contribution in [0.25, 0.3) is 21.5 Å². The zero-order valence-electron chi connectivity index (χ0n) is 14.1. The van der Waals surface area contributed by atoms with Crippen LogP contribution in [0.2, 0.25) is 0 Å². The van der Waals surface area contributed by atoms with Crippen molar-refractivity contribution in [1.29, 1.82) is 0 Å². The summed E-state index contributed by atoms with van der Waals surface area (Å²) in [5, 5.41) is 2.65. The molecule has 3 aromatic rings. The first-order valence-corrected chi connectivity index (χ1v) is 9.16. The molecule has 0 N–H and O–H groups in total. The molecule has 0 heterocycles. The van der Waals surface area contributed by atoms with Crippen molar-refractivity contribution < 1.29 is 19.1 Å². The van der Waals surface area contributed by atoms with Gasteiger partial charge in [0.25, 0.3) is 0 Å². The Kier molecular flexibility index (Phi) is 5.64. The summed E-state index contributed by atoms with van der Waals surface area (Å²) in [6.07, 6.45) is 0.808. The minimum atomic E-state index is -0.553. The van der Waals surface area contributed by atoms with Crippen molar-refractivity contribution >= 4 is 56.7 Å². The molecule has 6 heteroatoms. The topological polar surface area (TPSA) is 52.6 Å². The van der Waals surface area contributed by atoms with Crippen molar-refractivity contribution in [2.75, 3.05) is 11.8 Å². The van der Waals surface area contributed by atoms with Gasteiger partial charge in [-0.2, -0.15) is 0 Å². The molecule has 0 saturated heterocycles. The van der Waals surface area contributed by atoms with E-state index in [1.165, 1.54) is 0 Å². The summed E-state index contributed by atoms with van der Waals surface area (Å²) < 4.78 is 11.1. The number of carbonyl (C=O) groups excluding carboxylic acids is 2. The van der Waals surface area contributed by atoms with Crippen molar-refractivity contribution in [3.63, 3.8) is 0 Å². The normalized spacial score (nSPS) is 10.9. The van der Waals surface area contributed by atoms with E-state index in [9.17, 15) is 9.59 Å². The third kappa shape index (κ3) is 3.48. The lowest BCUT2D eigenvalue weighted by molar-refractivity contribution is -0.132. The summed E-state index contributed by atoms with van der Waals surface area (Å²) in [5.74, 6) is -0.816. The average molecular weight is 391 g/mol. The Balaban J connectivity index is 2.40. The first-order valence-electron chi connectivity index (χ1n) is 8.09. The third-order valence-electron chi connectivity index (χ3n) is 4.05. The molecule has 0 saturated carbocycles. The van der Waals surface area contributed by atoms with Gasteiger partial charge in [0.15, 0.2) is 0 Å². The molecule has 0 atom stereocenters. The Morgan fingerprint density at radius 1 is 0.808 bits per heavy atom. The van der Waals surface area contributed by atoms with Gasteiger partial charge in [-0.1, -0.05) is 43.3 Å². The maximum Gasteiger partial charge on any atom is 0.326 e. The van der Waals surface area contributed by atoms with E-state index in [1.54, 1.807) is 6.07 Å². The summed E-state index contributed by atoms with van der Waals surface area (Å²) >= 11 is 11.2. The van der Waals surface area contributed by atoms with Gasteiger partial charge in [0, 0.05) is 21.5 Å². The van der Waals surface area contributed by atoms with E-state index in [0.717, 1.165) is 12.0 Å². The first kappa shape index (κ1) is 18.5. The van der Waals surface area contributed by atoms with E-state index < -0.39 is 11.9 Å². The molecular weight excluding hydrogens is 375 g/mol. The van der Waals surface area contributed by atoms with E-state index >= 15 is 0 Å². The lowest BCUT2D eigenvalue weighted by atomic mass is 9.98. The van der Waals surface area contributed by atoms with Gasteiger partial charge in [-0.15, -0.1) is 23.2 Å². The summed E-state index contributed by atoms with van der Waals surface area (Å²) in [7, 11) is 0. The molecule has 0 aromatic heterocycles. The molecule has 0 radical (unpaired) electrons. The van der Waals surface area contributed by atoms with Crippen LogP contribution in [0.4, 0.5) is 0 Å². The molecule has 0 aliphatic rings. The maximum atomic E-state index is 11.9. The highest BCUT2D eigenvalue weighted by atomic mass is 35.5. The number of carbonyl (C=O) groups is 2. The monoisotopic (exact) mass is 390 g/mol. The number of hydrogen-bond donors (Lipinski definition) is 0. The van der Waals surface area contributed by atoms with Gasteiger partial charge < -0.3 is 9.47 Å². The minimum absolute atomic E-state index is 0.258. The second-order valence-electron chi connectivity index (χ2n) is 5.65. The molecule has 0 bridgehead atoms. The van der Waals surface area contributed by atoms with Crippen LogP contribution in [-0.2, 0) is 16.0 Å². The Morgan fingerprint density at radius 3 is 1.81 bits per heavy atom. The van der Waals surface area contributed by atoms with Gasteiger partial charge >= 0.3 is 11.9 Å². The summed E-state index contributed by atoms with van der Waals surface area (Å²) in [6, 6.07) is 13.0. The van der Waals surface area contributed by atoms with Crippen LogP contribution in [0.15, 0.2) is 42.5 Å². The van der Waals surface area contributed by atoms with Crippen molar-refractivity contribution in [1.82, 2.24) is 0 Å². The molecule has 4 nitrogen and oxygen atoms in total. The fraction of sp³-hybridized carbons (Fsp3) is 0.200. The smallest absolute Gasteiger partial charge is 0.326 e. The maximum absolute atomic E-state index is 11.9. The highest BCUT2D eigenvalue weighted by Crippen LogP contribution is 2.43. The number of alkyl halides is 2. The van der Waals surface area contributed by atoms with Gasteiger partial charge in [-0.05, 0) is 18.1 Å². The number of rotatable bonds is 5.